The molecule has 0 aliphatic heterocycles. The number of nitrogens with zero attached hydrogens (tertiary/aromatic N) is 1. The minimum Gasteiger partial charge on any atom is -0.483 e. The first-order valence-corrected chi connectivity index (χ1v) is 8.64. The fourth-order valence-electron chi connectivity index (χ4n) is 2.20. The molecule has 1 aromatic carbocycles. The molecule has 3 rings (SSSR count). The summed E-state index contributed by atoms with van der Waals surface area (Å²) in [4.78, 5) is 27.3. The number of benzene rings is 1. The van der Waals surface area contributed by atoms with Crippen LogP contribution in [0.3, 0.4) is 0 Å². The van der Waals surface area contributed by atoms with Crippen LogP contribution >= 0.6 is 22.7 Å². The van der Waals surface area contributed by atoms with E-state index in [-0.39, 0.29) is 12.5 Å². The highest BCUT2D eigenvalue weighted by Gasteiger charge is 2.15. The number of hydrogen-bond donors (Lipinski definition) is 2. The first-order chi connectivity index (χ1) is 11.0. The molecule has 0 aliphatic rings. The topological polar surface area (TPSA) is 94.3 Å². The molecular weight excluding hydrogens is 334 g/mol. The van der Waals surface area contributed by atoms with E-state index in [2.05, 4.69) is 10.3 Å². The fraction of sp³-hybridized carbons (Fsp3) is 0.267. The number of thiazole rings is 1. The summed E-state index contributed by atoms with van der Waals surface area (Å²) >= 11 is 3.18. The van der Waals surface area contributed by atoms with E-state index in [9.17, 15) is 9.59 Å². The molecule has 2 heterocycles. The Morgan fingerprint density at radius 2 is 2.26 bits per heavy atom. The summed E-state index contributed by atoms with van der Waals surface area (Å²) in [5, 5.41) is 6.38. The summed E-state index contributed by atoms with van der Waals surface area (Å²) in [6.07, 6.45) is 0. The summed E-state index contributed by atoms with van der Waals surface area (Å²) in [6.45, 7) is 3.32. The van der Waals surface area contributed by atoms with Gasteiger partial charge in [0.2, 0.25) is 5.91 Å². The minimum atomic E-state index is -0.723. The zero-order valence-electron chi connectivity index (χ0n) is 12.6. The van der Waals surface area contributed by atoms with E-state index in [0.29, 0.717) is 5.75 Å². The molecule has 120 valence electrons. The molecule has 1 atom stereocenters. The van der Waals surface area contributed by atoms with Crippen molar-refractivity contribution in [2.75, 3.05) is 6.61 Å². The predicted octanol–water partition coefficient (Wildman–Crippen LogP) is 2.19. The number of nitrogens with one attached hydrogen (secondary N) is 1. The lowest BCUT2D eigenvalue weighted by molar-refractivity contribution is -0.128. The molecule has 0 saturated heterocycles. The number of nitrogens with two attached hydrogens (primary N) is 1. The molecule has 3 aromatic rings. The third kappa shape index (κ3) is 3.13. The predicted molar refractivity (Wildman–Crippen MR) is 92.0 cm³/mol. The number of aryl methyl sites for hydroxylation is 1. The van der Waals surface area contributed by atoms with Gasteiger partial charge >= 0.3 is 0 Å². The average molecular weight is 349 g/mol. The summed E-state index contributed by atoms with van der Waals surface area (Å²) in [5.41, 5.74) is 6.09. The lowest BCUT2D eigenvalue weighted by Crippen LogP contribution is -2.44. The van der Waals surface area contributed by atoms with E-state index in [1.165, 1.54) is 6.92 Å². The molecule has 8 heteroatoms. The third-order valence-electron chi connectivity index (χ3n) is 3.33. The van der Waals surface area contributed by atoms with E-state index < -0.39 is 11.9 Å². The Balaban J connectivity index is 1.83. The number of carbonyl (C=O) groups excluding carboxylic acids is 2. The van der Waals surface area contributed by atoms with Crippen LogP contribution in [-0.2, 0) is 9.59 Å². The molecule has 0 unspecified atom stereocenters. The molecule has 0 bridgehead atoms. The molecule has 0 radical (unpaired) electrons. The van der Waals surface area contributed by atoms with Crippen LogP contribution in [0.1, 0.15) is 11.9 Å². The number of hydrogen-bond acceptors (Lipinski definition) is 6. The Morgan fingerprint density at radius 1 is 1.48 bits per heavy atom. The van der Waals surface area contributed by atoms with Crippen LogP contribution in [-0.4, -0.2) is 29.4 Å². The second-order valence-electron chi connectivity index (χ2n) is 5.10. The fourth-order valence-corrected chi connectivity index (χ4v) is 4.04. The van der Waals surface area contributed by atoms with E-state index in [1.807, 2.05) is 24.4 Å². The van der Waals surface area contributed by atoms with Gasteiger partial charge in [0.1, 0.15) is 11.8 Å². The lowest BCUT2D eigenvalue weighted by atomic mass is 10.2. The summed E-state index contributed by atoms with van der Waals surface area (Å²) in [6, 6.07) is 3.13. The Morgan fingerprint density at radius 3 is 3.00 bits per heavy atom. The smallest absolute Gasteiger partial charge is 0.258 e. The Hall–Kier alpha value is -2.19. The van der Waals surface area contributed by atoms with Crippen molar-refractivity contribution in [1.82, 2.24) is 10.3 Å². The molecule has 6 nitrogen and oxygen atoms in total. The number of primary amides is 1. The van der Waals surface area contributed by atoms with Crippen molar-refractivity contribution in [3.8, 4) is 5.75 Å². The van der Waals surface area contributed by atoms with Crippen molar-refractivity contribution in [1.29, 1.82) is 0 Å². The summed E-state index contributed by atoms with van der Waals surface area (Å²) < 4.78 is 7.73. The Bertz CT molecular complexity index is 900. The van der Waals surface area contributed by atoms with Crippen LogP contribution < -0.4 is 15.8 Å². The maximum Gasteiger partial charge on any atom is 0.258 e. The van der Waals surface area contributed by atoms with Crippen molar-refractivity contribution in [3.05, 3.63) is 22.5 Å². The van der Waals surface area contributed by atoms with Gasteiger partial charge in [-0.3, -0.25) is 9.59 Å². The molecular formula is C15H15N3O3S2. The quantitative estimate of drug-likeness (QED) is 0.738. The van der Waals surface area contributed by atoms with Crippen molar-refractivity contribution in [2.24, 2.45) is 5.73 Å². The summed E-state index contributed by atoms with van der Waals surface area (Å²) in [7, 11) is 0. The highest BCUT2D eigenvalue weighted by atomic mass is 32.1. The van der Waals surface area contributed by atoms with E-state index in [0.717, 1.165) is 25.3 Å². The van der Waals surface area contributed by atoms with E-state index in [4.69, 9.17) is 10.5 Å². The van der Waals surface area contributed by atoms with Gasteiger partial charge < -0.3 is 15.8 Å². The van der Waals surface area contributed by atoms with Crippen molar-refractivity contribution < 1.29 is 14.3 Å². The maximum absolute atomic E-state index is 11.8. The molecule has 2 amide bonds. The zero-order valence-corrected chi connectivity index (χ0v) is 14.2. The van der Waals surface area contributed by atoms with Crippen LogP contribution in [0.15, 0.2) is 17.5 Å². The number of fused-ring (bicyclic) bond motifs is 3. The Labute approximate surface area is 140 Å². The molecule has 2 aromatic heterocycles. The first-order valence-electron chi connectivity index (χ1n) is 6.94. The monoisotopic (exact) mass is 349 g/mol. The standard InChI is InChI=1S/C15H15N3O3S2/c1-7(15(16)20)17-12(19)6-21-10-5-11-13(18-8(2)23-11)14-9(10)3-4-22-14/h3-5,7H,6H2,1-2H3,(H2,16,20)(H,17,19)/t7-/m0/s1. The first kappa shape index (κ1) is 15.7. The van der Waals surface area contributed by atoms with Crippen LogP contribution in [0.25, 0.3) is 20.3 Å². The van der Waals surface area contributed by atoms with Gasteiger partial charge in [0.25, 0.3) is 5.91 Å². The average Bonchev–Trinajstić information content (AvgIpc) is 3.09. The molecule has 3 N–H and O–H groups in total. The van der Waals surface area contributed by atoms with Gasteiger partial charge in [0, 0.05) is 11.5 Å². The normalized spacial score (nSPS) is 12.4. The van der Waals surface area contributed by atoms with Gasteiger partial charge in [-0.05, 0) is 25.3 Å². The number of rotatable bonds is 5. The number of aromatic nitrogens is 1. The van der Waals surface area contributed by atoms with Gasteiger partial charge in [-0.25, -0.2) is 4.98 Å². The number of ether oxygens (including phenoxy) is 1. The van der Waals surface area contributed by atoms with Crippen LogP contribution in [0.4, 0.5) is 0 Å². The van der Waals surface area contributed by atoms with E-state index >= 15 is 0 Å². The maximum atomic E-state index is 11.8. The lowest BCUT2D eigenvalue weighted by Gasteiger charge is -2.11. The molecule has 0 spiro atoms. The largest absolute Gasteiger partial charge is 0.483 e. The van der Waals surface area contributed by atoms with Gasteiger partial charge in [-0.2, -0.15) is 0 Å². The van der Waals surface area contributed by atoms with Gasteiger partial charge in [0.15, 0.2) is 6.61 Å². The second kappa shape index (κ2) is 6.13. The Kier molecular flexibility index (Phi) is 4.18. The van der Waals surface area contributed by atoms with Crippen LogP contribution in [0.2, 0.25) is 0 Å². The minimum absolute atomic E-state index is 0.175. The number of thiophene rings is 1. The van der Waals surface area contributed by atoms with E-state index in [1.54, 1.807) is 22.7 Å². The summed E-state index contributed by atoms with van der Waals surface area (Å²) in [5.74, 6) is -0.334. The third-order valence-corrected chi connectivity index (χ3v) is 5.17. The van der Waals surface area contributed by atoms with Gasteiger partial charge in [-0.1, -0.05) is 0 Å². The molecule has 0 fully saturated rings. The van der Waals surface area contributed by atoms with Gasteiger partial charge in [-0.15, -0.1) is 22.7 Å². The van der Waals surface area contributed by atoms with Crippen molar-refractivity contribution >= 4 is 54.8 Å². The SMILES string of the molecule is Cc1nc2c(cc(OCC(=O)N[C@@H](C)C(N)=O)c3ccsc32)s1. The number of carbonyl (C=O) groups is 2. The highest BCUT2D eigenvalue weighted by Crippen LogP contribution is 2.38. The zero-order chi connectivity index (χ0) is 16.6. The van der Waals surface area contributed by atoms with Crippen molar-refractivity contribution in [3.63, 3.8) is 0 Å². The molecule has 0 saturated carbocycles. The van der Waals surface area contributed by atoms with Crippen molar-refractivity contribution in [2.45, 2.75) is 19.9 Å². The molecule has 0 aliphatic carbocycles. The molecule has 23 heavy (non-hydrogen) atoms. The van der Waals surface area contributed by atoms with Crippen LogP contribution in [0, 0.1) is 6.92 Å². The highest BCUT2D eigenvalue weighted by molar-refractivity contribution is 7.21. The second-order valence-corrected chi connectivity index (χ2v) is 7.25. The van der Waals surface area contributed by atoms with Gasteiger partial charge in [0.05, 0.1) is 19.9 Å². The number of amides is 2. The van der Waals surface area contributed by atoms with Crippen LogP contribution in [0.5, 0.6) is 5.75 Å².